The largest absolute Gasteiger partial charge is 0.493 e. The highest BCUT2D eigenvalue weighted by atomic mass is 35.5. The first-order valence-electron chi connectivity index (χ1n) is 18.0. The van der Waals surface area contributed by atoms with Gasteiger partial charge in [0, 0.05) is 18.1 Å². The minimum Gasteiger partial charge on any atom is -0.493 e. The van der Waals surface area contributed by atoms with E-state index in [9.17, 15) is 0 Å². The zero-order valence-electron chi connectivity index (χ0n) is 32.9. The van der Waals surface area contributed by atoms with E-state index in [0.29, 0.717) is 18.0 Å². The van der Waals surface area contributed by atoms with Gasteiger partial charge in [0.05, 0.1) is 42.7 Å². The lowest BCUT2D eigenvalue weighted by molar-refractivity contribution is 0.280. The quantitative estimate of drug-likeness (QED) is 0.179. The number of hydrogen-bond donors (Lipinski definition) is 3. The highest BCUT2D eigenvalue weighted by Crippen LogP contribution is 2.43. The number of ether oxygens (including phenoxy) is 6. The summed E-state index contributed by atoms with van der Waals surface area (Å²) in [5, 5.41) is 11.5. The molecule has 3 aliphatic heterocycles. The SMILES string of the molecule is COc1cc2c(cc1OC)C(CCCC(CCCC1NCCc3cc(OC)c(OC)cc31)C1NCCc3cc(OC)c(OC)cc31)NCC2.Cl.Cl.Cl.O.O.O. The fraction of sp³-hybridized carbons (Fsp3) is 0.550. The minimum atomic E-state index is 0. The van der Waals surface area contributed by atoms with Crippen molar-refractivity contribution >= 4 is 37.2 Å². The molecule has 9 N–H and O–H groups in total. The Morgan fingerprint density at radius 3 is 1.15 bits per heavy atom. The molecule has 0 saturated heterocycles. The average Bonchev–Trinajstić information content (AvgIpc) is 3.15. The Morgan fingerprint density at radius 1 is 0.473 bits per heavy atom. The van der Waals surface area contributed by atoms with Crippen molar-refractivity contribution in [3.8, 4) is 34.5 Å². The van der Waals surface area contributed by atoms with Crippen molar-refractivity contribution in [1.82, 2.24) is 16.0 Å². The Morgan fingerprint density at radius 2 is 0.782 bits per heavy atom. The van der Waals surface area contributed by atoms with E-state index in [1.54, 1.807) is 42.7 Å². The van der Waals surface area contributed by atoms with Crippen LogP contribution >= 0.6 is 37.2 Å². The molecule has 12 nitrogen and oxygen atoms in total. The van der Waals surface area contributed by atoms with Gasteiger partial charge in [0.1, 0.15) is 0 Å². The van der Waals surface area contributed by atoms with Crippen LogP contribution in [0.25, 0.3) is 0 Å². The molecule has 3 heterocycles. The number of benzene rings is 3. The van der Waals surface area contributed by atoms with E-state index in [1.165, 1.54) is 33.4 Å². The van der Waals surface area contributed by atoms with Crippen LogP contribution in [0.2, 0.25) is 0 Å². The van der Waals surface area contributed by atoms with Gasteiger partial charge in [-0.3, -0.25) is 0 Å². The summed E-state index contributed by atoms with van der Waals surface area (Å²) in [5.41, 5.74) is 8.11. The van der Waals surface area contributed by atoms with Gasteiger partial charge in [0.2, 0.25) is 0 Å². The number of rotatable bonds is 15. The molecule has 0 radical (unpaired) electrons. The van der Waals surface area contributed by atoms with Gasteiger partial charge in [0.25, 0.3) is 0 Å². The van der Waals surface area contributed by atoms with Crippen LogP contribution < -0.4 is 44.4 Å². The first-order valence-corrected chi connectivity index (χ1v) is 18.0. The topological polar surface area (TPSA) is 186 Å². The van der Waals surface area contributed by atoms with E-state index in [4.69, 9.17) is 28.4 Å². The van der Waals surface area contributed by atoms with E-state index in [0.717, 1.165) is 112 Å². The van der Waals surface area contributed by atoms with Crippen LogP contribution in [0.1, 0.15) is 90.0 Å². The van der Waals surface area contributed by atoms with Crippen LogP contribution in [-0.4, -0.2) is 78.7 Å². The second-order valence-electron chi connectivity index (χ2n) is 13.5. The highest BCUT2D eigenvalue weighted by molar-refractivity contribution is 5.86. The Kier molecular flexibility index (Phi) is 23.4. The smallest absolute Gasteiger partial charge is 0.161 e. The van der Waals surface area contributed by atoms with Gasteiger partial charge < -0.3 is 60.8 Å². The Bertz CT molecular complexity index is 1520. The van der Waals surface area contributed by atoms with Crippen molar-refractivity contribution in [2.24, 2.45) is 5.92 Å². The third-order valence-electron chi connectivity index (χ3n) is 11.0. The molecule has 0 aliphatic carbocycles. The number of methoxy groups -OCH3 is 6. The zero-order valence-corrected chi connectivity index (χ0v) is 35.4. The van der Waals surface area contributed by atoms with Crippen LogP contribution in [0.15, 0.2) is 36.4 Å². The van der Waals surface area contributed by atoms with Gasteiger partial charge in [-0.2, -0.15) is 0 Å². The molecule has 0 fully saturated rings. The van der Waals surface area contributed by atoms with Crippen molar-refractivity contribution < 1.29 is 44.8 Å². The predicted molar refractivity (Wildman–Crippen MR) is 226 cm³/mol. The minimum absolute atomic E-state index is 0. The van der Waals surface area contributed by atoms with Crippen molar-refractivity contribution in [1.29, 1.82) is 0 Å². The lowest BCUT2D eigenvalue weighted by Crippen LogP contribution is -2.35. The second-order valence-corrected chi connectivity index (χ2v) is 13.5. The summed E-state index contributed by atoms with van der Waals surface area (Å²) >= 11 is 0. The van der Waals surface area contributed by atoms with Gasteiger partial charge in [-0.05, 0) is 140 Å². The van der Waals surface area contributed by atoms with E-state index < -0.39 is 0 Å². The van der Waals surface area contributed by atoms with Crippen LogP contribution in [0, 0.1) is 5.92 Å². The number of halogens is 3. The molecule has 0 bridgehead atoms. The lowest BCUT2D eigenvalue weighted by Gasteiger charge is -2.35. The zero-order chi connectivity index (χ0) is 34.3. The van der Waals surface area contributed by atoms with Gasteiger partial charge in [-0.1, -0.05) is 12.8 Å². The van der Waals surface area contributed by atoms with E-state index >= 15 is 0 Å². The number of hydrogen-bond acceptors (Lipinski definition) is 9. The number of nitrogens with one attached hydrogen (secondary N) is 3. The molecule has 3 aromatic carbocycles. The molecule has 15 heteroatoms. The van der Waals surface area contributed by atoms with Crippen LogP contribution in [0.5, 0.6) is 34.5 Å². The van der Waals surface area contributed by atoms with Crippen molar-refractivity contribution in [2.75, 3.05) is 62.3 Å². The molecule has 6 rings (SSSR count). The molecule has 0 saturated carbocycles. The van der Waals surface area contributed by atoms with Crippen molar-refractivity contribution in [3.05, 3.63) is 69.8 Å². The molecule has 55 heavy (non-hydrogen) atoms. The molecular weight excluding hydrogens is 773 g/mol. The monoisotopic (exact) mass is 835 g/mol. The fourth-order valence-corrected chi connectivity index (χ4v) is 8.43. The number of fused-ring (bicyclic) bond motifs is 3. The van der Waals surface area contributed by atoms with Crippen molar-refractivity contribution in [2.45, 2.75) is 75.9 Å². The maximum atomic E-state index is 5.78. The van der Waals surface area contributed by atoms with Crippen LogP contribution in [-0.2, 0) is 19.3 Å². The lowest BCUT2D eigenvalue weighted by atomic mass is 9.79. The maximum Gasteiger partial charge on any atom is 0.161 e. The molecule has 314 valence electrons. The summed E-state index contributed by atoms with van der Waals surface area (Å²) in [5.74, 6) is 5.30. The Labute approximate surface area is 345 Å². The molecule has 0 aromatic heterocycles. The van der Waals surface area contributed by atoms with E-state index in [-0.39, 0.29) is 59.7 Å². The average molecular weight is 837 g/mol. The summed E-state index contributed by atoms with van der Waals surface area (Å²) < 4.78 is 34.1. The Hall–Kier alpha value is -2.91. The molecule has 3 aliphatic rings. The van der Waals surface area contributed by atoms with Gasteiger partial charge in [0.15, 0.2) is 34.5 Å². The summed E-state index contributed by atoms with van der Waals surface area (Å²) in [7, 11) is 10.3. The molecular formula is C40H64Cl3N3O9. The summed E-state index contributed by atoms with van der Waals surface area (Å²) in [6.07, 6.45) is 9.64. The Balaban J connectivity index is 0.00000486. The molecule has 3 atom stereocenters. The first-order chi connectivity index (χ1) is 24.0. The normalized spacial score (nSPS) is 18.1. The summed E-state index contributed by atoms with van der Waals surface area (Å²) in [4.78, 5) is 0. The molecule has 0 spiro atoms. The first kappa shape index (κ1) is 52.1. The highest BCUT2D eigenvalue weighted by Gasteiger charge is 2.31. The maximum absolute atomic E-state index is 5.78. The standard InChI is InChI=1S/C40H55N3O6.3ClH.3H2O/c1-44-34-19-26-13-16-41-32(29(26)22-37(34)47-4)11-7-9-25(40-31-24-39(49-6)36(46-3)21-28(31)15-18-43-40)10-8-12-33-30-23-38(48-5)35(45-2)20-27(30)14-17-42-33;;;;;;/h19-25,32-33,40-43H,7-18H2,1-6H3;3*1H;3*1H2. The summed E-state index contributed by atoms with van der Waals surface area (Å²) in [6.45, 7) is 2.91. The molecule has 3 unspecified atom stereocenters. The third kappa shape index (κ3) is 11.6. The van der Waals surface area contributed by atoms with Crippen LogP contribution in [0.4, 0.5) is 0 Å². The fourth-order valence-electron chi connectivity index (χ4n) is 8.43. The van der Waals surface area contributed by atoms with Crippen molar-refractivity contribution in [3.63, 3.8) is 0 Å². The van der Waals surface area contributed by atoms with Crippen LogP contribution in [0.3, 0.4) is 0 Å². The van der Waals surface area contributed by atoms with E-state index in [1.807, 2.05) is 0 Å². The van der Waals surface area contributed by atoms with Gasteiger partial charge in [-0.15, -0.1) is 37.2 Å². The molecule has 3 aromatic rings. The van der Waals surface area contributed by atoms with Gasteiger partial charge >= 0.3 is 0 Å². The van der Waals surface area contributed by atoms with Gasteiger partial charge in [-0.25, -0.2) is 0 Å². The summed E-state index contributed by atoms with van der Waals surface area (Å²) in [6, 6.07) is 14.0. The second kappa shape index (κ2) is 24.7. The van der Waals surface area contributed by atoms with E-state index in [2.05, 4.69) is 52.3 Å². The third-order valence-corrected chi connectivity index (χ3v) is 11.0. The predicted octanol–water partition coefficient (Wildman–Crippen LogP) is 5.45. The molecule has 0 amide bonds.